The number of fused-ring (bicyclic) bond motifs is 1. The number of ketones is 1. The molecule has 0 radical (unpaired) electrons. The molecule has 9 nitrogen and oxygen atoms in total. The molecular formula is C42H45N3O6. The van der Waals surface area contributed by atoms with Crippen molar-refractivity contribution in [2.24, 2.45) is 5.41 Å². The first-order valence-corrected chi connectivity index (χ1v) is 17.8. The van der Waals surface area contributed by atoms with E-state index in [4.69, 9.17) is 9.47 Å². The largest absolute Gasteiger partial charge is 0.497 e. The molecule has 4 aromatic carbocycles. The lowest BCUT2D eigenvalue weighted by Crippen LogP contribution is -2.71. The van der Waals surface area contributed by atoms with E-state index >= 15 is 14.4 Å². The van der Waals surface area contributed by atoms with Gasteiger partial charge in [0.2, 0.25) is 5.91 Å². The van der Waals surface area contributed by atoms with E-state index < -0.39 is 46.9 Å². The summed E-state index contributed by atoms with van der Waals surface area (Å²) >= 11 is 0. The Morgan fingerprint density at radius 2 is 1.61 bits per heavy atom. The highest BCUT2D eigenvalue weighted by atomic mass is 16.5. The molecular weight excluding hydrogens is 642 g/mol. The number of benzene rings is 4. The molecule has 0 unspecified atom stereocenters. The number of aryl methyl sites for hydroxylation is 1. The molecule has 1 aliphatic carbocycles. The number of rotatable bonds is 9. The summed E-state index contributed by atoms with van der Waals surface area (Å²) in [6, 6.07) is 28.8. The Morgan fingerprint density at radius 1 is 0.941 bits per heavy atom. The van der Waals surface area contributed by atoms with Gasteiger partial charge in [-0.05, 0) is 67.6 Å². The van der Waals surface area contributed by atoms with Gasteiger partial charge in [0.15, 0.2) is 23.0 Å². The smallest absolute Gasteiger partial charge is 0.261 e. The first kappa shape index (κ1) is 34.5. The van der Waals surface area contributed by atoms with Gasteiger partial charge < -0.3 is 24.8 Å². The number of Topliss-reactive ketones (excluding diaryl/α,β-unsaturated/α-hetero) is 1. The fourth-order valence-electron chi connectivity index (χ4n) is 8.30. The maximum absolute atomic E-state index is 15.7. The van der Waals surface area contributed by atoms with Crippen molar-refractivity contribution in [1.82, 2.24) is 15.5 Å². The molecule has 1 spiro atoms. The van der Waals surface area contributed by atoms with E-state index in [0.717, 1.165) is 48.8 Å². The molecule has 5 atom stereocenters. The molecule has 4 aromatic rings. The monoisotopic (exact) mass is 687 g/mol. The van der Waals surface area contributed by atoms with Gasteiger partial charge in [-0.2, -0.15) is 0 Å². The van der Waals surface area contributed by atoms with Gasteiger partial charge in [-0.1, -0.05) is 104 Å². The van der Waals surface area contributed by atoms with Crippen molar-refractivity contribution >= 4 is 17.6 Å². The average molecular weight is 688 g/mol. The molecule has 1 saturated heterocycles. The van der Waals surface area contributed by atoms with Crippen molar-refractivity contribution < 1.29 is 29.0 Å². The lowest BCUT2D eigenvalue weighted by atomic mass is 9.60. The number of aliphatic hydroxyl groups is 1. The lowest BCUT2D eigenvalue weighted by molar-refractivity contribution is -0.158. The molecule has 2 heterocycles. The van der Waals surface area contributed by atoms with Crippen molar-refractivity contribution in [3.63, 3.8) is 0 Å². The van der Waals surface area contributed by atoms with E-state index in [2.05, 4.69) is 10.6 Å². The summed E-state index contributed by atoms with van der Waals surface area (Å²) in [5.74, 6) is -0.979. The zero-order chi connectivity index (χ0) is 35.8. The van der Waals surface area contributed by atoms with Gasteiger partial charge in [0.1, 0.15) is 17.5 Å². The third-order valence-corrected chi connectivity index (χ3v) is 10.9. The number of carbonyl (C=O) groups is 3. The number of hydrogen-bond acceptors (Lipinski definition) is 7. The van der Waals surface area contributed by atoms with Crippen LogP contribution >= 0.6 is 0 Å². The van der Waals surface area contributed by atoms with Crippen molar-refractivity contribution in [2.75, 3.05) is 7.11 Å². The summed E-state index contributed by atoms with van der Waals surface area (Å²) in [5.41, 5.74) is -1.92. The Hall–Kier alpha value is -4.99. The Morgan fingerprint density at radius 3 is 2.27 bits per heavy atom. The van der Waals surface area contributed by atoms with E-state index in [9.17, 15) is 5.11 Å². The SMILES string of the molecule is COc1ccc([C@@]2(O)C(=O)N(Cc3ccccc3)[C@H](C(=O)NC3CCCCC3)[C@@]23C(=O)c2cc(C)ccc2O[C@@H]3N[C@@H](C)c2ccccc2)cc1. The minimum absolute atomic E-state index is 0.0163. The Bertz CT molecular complexity index is 1900. The second kappa shape index (κ2) is 14.0. The zero-order valence-corrected chi connectivity index (χ0v) is 29.3. The van der Waals surface area contributed by atoms with Crippen LogP contribution in [0.15, 0.2) is 103 Å². The zero-order valence-electron chi connectivity index (χ0n) is 29.3. The minimum atomic E-state index is -2.55. The standard InChI is InChI=1S/C42H45N3O6/c1-27-19-24-35-34(25-27)37(46)41(39(51-35)43-28(2)30-15-9-5-10-16-30)36(38(47)44-32-17-11-6-12-18-32)45(26-29-13-7-4-8-14-29)40(48)42(41,49)31-20-22-33(50-3)23-21-31/h4-5,7-10,13-16,19-25,28,32,36,39,43,49H,6,11-12,17-18,26H2,1-3H3,(H,44,47)/t28-,36+,39-,41-,42+/m0/s1. The van der Waals surface area contributed by atoms with Crippen LogP contribution in [0, 0.1) is 12.3 Å². The predicted octanol–water partition coefficient (Wildman–Crippen LogP) is 5.99. The summed E-state index contributed by atoms with van der Waals surface area (Å²) in [4.78, 5) is 47.5. The third-order valence-electron chi connectivity index (χ3n) is 10.9. The average Bonchev–Trinajstić information content (AvgIpc) is 3.35. The van der Waals surface area contributed by atoms with E-state index in [1.165, 1.54) is 12.0 Å². The van der Waals surface area contributed by atoms with E-state index in [-0.39, 0.29) is 23.7 Å². The maximum Gasteiger partial charge on any atom is 0.261 e. The van der Waals surface area contributed by atoms with Crippen LogP contribution in [0.25, 0.3) is 0 Å². The van der Waals surface area contributed by atoms with Crippen molar-refractivity contribution in [3.8, 4) is 11.5 Å². The molecule has 9 heteroatoms. The molecule has 3 N–H and O–H groups in total. The van der Waals surface area contributed by atoms with Crippen molar-refractivity contribution in [2.45, 2.75) is 82.5 Å². The number of carbonyl (C=O) groups excluding carboxylic acids is 3. The normalized spacial score (nSPS) is 25.3. The molecule has 0 bridgehead atoms. The molecule has 2 amide bonds. The fraction of sp³-hybridized carbons (Fsp3) is 0.357. The van der Waals surface area contributed by atoms with Crippen molar-refractivity contribution in [1.29, 1.82) is 0 Å². The highest BCUT2D eigenvalue weighted by Crippen LogP contribution is 2.59. The first-order valence-electron chi connectivity index (χ1n) is 17.8. The van der Waals surface area contributed by atoms with Crippen LogP contribution in [0.4, 0.5) is 0 Å². The van der Waals surface area contributed by atoms with Gasteiger partial charge in [-0.3, -0.25) is 19.7 Å². The molecule has 51 heavy (non-hydrogen) atoms. The molecule has 2 aliphatic heterocycles. The summed E-state index contributed by atoms with van der Waals surface area (Å²) in [6.07, 6.45) is 3.28. The summed E-state index contributed by atoms with van der Waals surface area (Å²) in [6.45, 7) is 3.79. The van der Waals surface area contributed by atoms with Gasteiger partial charge in [-0.25, -0.2) is 0 Å². The third kappa shape index (κ3) is 5.88. The predicted molar refractivity (Wildman–Crippen MR) is 193 cm³/mol. The van der Waals surface area contributed by atoms with Crippen LogP contribution in [-0.2, 0) is 21.7 Å². The van der Waals surface area contributed by atoms with E-state index in [0.29, 0.717) is 11.5 Å². The second-order valence-electron chi connectivity index (χ2n) is 14.1. The van der Waals surface area contributed by atoms with E-state index in [1.54, 1.807) is 36.4 Å². The topological polar surface area (TPSA) is 117 Å². The minimum Gasteiger partial charge on any atom is -0.497 e. The van der Waals surface area contributed by atoms with Crippen LogP contribution in [0.3, 0.4) is 0 Å². The highest BCUT2D eigenvalue weighted by molar-refractivity contribution is 6.15. The van der Waals surface area contributed by atoms with Crippen LogP contribution in [-0.4, -0.2) is 53.0 Å². The molecule has 1 saturated carbocycles. The number of nitrogens with one attached hydrogen (secondary N) is 2. The molecule has 3 aliphatic rings. The Labute approximate surface area is 299 Å². The van der Waals surface area contributed by atoms with Gasteiger partial charge in [0.05, 0.1) is 12.7 Å². The van der Waals surface area contributed by atoms with Crippen LogP contribution in [0.5, 0.6) is 11.5 Å². The molecule has 7 rings (SSSR count). The summed E-state index contributed by atoms with van der Waals surface area (Å²) in [5, 5.41) is 20.3. The van der Waals surface area contributed by atoms with E-state index in [1.807, 2.05) is 80.6 Å². The van der Waals surface area contributed by atoms with Gasteiger partial charge in [0.25, 0.3) is 5.91 Å². The maximum atomic E-state index is 15.7. The van der Waals surface area contributed by atoms with Gasteiger partial charge in [-0.15, -0.1) is 0 Å². The Kier molecular flexibility index (Phi) is 9.44. The van der Waals surface area contributed by atoms with Crippen LogP contribution in [0.1, 0.15) is 77.7 Å². The lowest BCUT2D eigenvalue weighted by Gasteiger charge is -2.50. The summed E-state index contributed by atoms with van der Waals surface area (Å²) in [7, 11) is 1.53. The number of methoxy groups -OCH3 is 1. The van der Waals surface area contributed by atoms with Crippen LogP contribution in [0.2, 0.25) is 0 Å². The van der Waals surface area contributed by atoms with Crippen LogP contribution < -0.4 is 20.1 Å². The van der Waals surface area contributed by atoms with Gasteiger partial charge in [0, 0.05) is 18.6 Å². The number of hydrogen-bond donors (Lipinski definition) is 3. The molecule has 264 valence electrons. The Balaban J connectivity index is 1.50. The molecule has 0 aromatic heterocycles. The number of ether oxygens (including phenoxy) is 2. The summed E-state index contributed by atoms with van der Waals surface area (Å²) < 4.78 is 12.2. The number of amides is 2. The second-order valence-corrected chi connectivity index (χ2v) is 14.1. The fourth-order valence-corrected chi connectivity index (χ4v) is 8.30. The number of likely N-dealkylation sites (tertiary alicyclic amines) is 1. The first-order chi connectivity index (χ1) is 24.7. The quantitative estimate of drug-likeness (QED) is 0.198. The van der Waals surface area contributed by atoms with Gasteiger partial charge >= 0.3 is 0 Å². The van der Waals surface area contributed by atoms with Crippen molar-refractivity contribution in [3.05, 3.63) is 131 Å². The molecule has 2 fully saturated rings. The number of nitrogens with zero attached hydrogens (tertiary/aromatic N) is 1. The highest BCUT2D eigenvalue weighted by Gasteiger charge is 2.79.